The van der Waals surface area contributed by atoms with Gasteiger partial charge in [-0.2, -0.15) is 20.6 Å². The average molecular weight is 319 g/mol. The molecular weight excluding hydrogens is 307 g/mol. The zero-order valence-electron chi connectivity index (χ0n) is 4.62. The fourth-order valence-corrected chi connectivity index (χ4v) is 1.80. The normalized spacial score (nSPS) is 11.1. The van der Waals surface area contributed by atoms with Gasteiger partial charge in [0.15, 0.2) is 0 Å². The number of thiol groups is 2. The fourth-order valence-electron chi connectivity index (χ4n) is 0.200. The van der Waals surface area contributed by atoms with Crippen LogP contribution in [-0.4, -0.2) is 11.5 Å². The van der Waals surface area contributed by atoms with Crippen LogP contribution in [0.5, 0.6) is 0 Å². The molecule has 0 spiro atoms. The number of hydrogen-bond donors (Lipinski definition) is 2. The number of hydrogen-bond acceptors (Lipinski definition) is 0. The van der Waals surface area contributed by atoms with Crippen molar-refractivity contribution in [2.45, 2.75) is 13.8 Å². The molecule has 0 heterocycles. The molecule has 0 radical (unpaired) electrons. The summed E-state index contributed by atoms with van der Waals surface area (Å²) in [5.74, 6) is 2.63. The smallest absolute Gasteiger partial charge is 0 e. The van der Waals surface area contributed by atoms with E-state index in [-0.39, 0.29) is 21.1 Å². The van der Waals surface area contributed by atoms with Crippen LogP contribution in [0.3, 0.4) is 0 Å². The molecule has 7 heavy (non-hydrogen) atoms. The maximum absolute atomic E-state index is 2.21. The first-order valence-corrected chi connectivity index (χ1v) is 5.11. The Bertz CT molecular complexity index is 39.0. The third kappa shape index (κ3) is 11.1. The van der Waals surface area contributed by atoms with Crippen LogP contribution >= 0.6 is 0 Å². The van der Waals surface area contributed by atoms with Crippen molar-refractivity contribution in [3.8, 4) is 0 Å². The van der Waals surface area contributed by atoms with Crippen molar-refractivity contribution < 1.29 is 21.1 Å². The molecule has 0 saturated heterocycles. The van der Waals surface area contributed by atoms with Crippen LogP contribution in [0.2, 0.25) is 0 Å². The summed E-state index contributed by atoms with van der Waals surface area (Å²) in [6.45, 7) is 4.43. The molecule has 0 fully saturated rings. The van der Waals surface area contributed by atoms with Gasteiger partial charge in [0.05, 0.1) is 0 Å². The van der Waals surface area contributed by atoms with E-state index >= 15 is 0 Å². The van der Waals surface area contributed by atoms with Gasteiger partial charge in [-0.1, -0.05) is 13.8 Å². The van der Waals surface area contributed by atoms with Crippen molar-refractivity contribution in [2.24, 2.45) is 0 Å². The predicted octanol–water partition coefficient (Wildman–Crippen LogP) is 0.569. The molecule has 0 aromatic carbocycles. The molecule has 0 nitrogen and oxygen atoms in total. The zero-order chi connectivity index (χ0) is 4.83. The maximum Gasteiger partial charge on any atom is 0 e. The topological polar surface area (TPSA) is 0 Å². The summed E-state index contributed by atoms with van der Waals surface area (Å²) in [6, 6.07) is 0. The predicted molar refractivity (Wildman–Crippen MR) is 38.6 cm³/mol. The van der Waals surface area contributed by atoms with E-state index in [1.165, 1.54) is 11.5 Å². The monoisotopic (exact) mass is 319 g/mol. The first kappa shape index (κ1) is 11.2. The first-order chi connectivity index (χ1) is 2.91. The molecular formula is C4H12PtS2. The van der Waals surface area contributed by atoms with E-state index in [2.05, 4.69) is 13.8 Å². The van der Waals surface area contributed by atoms with Crippen molar-refractivity contribution in [1.82, 2.24) is 0 Å². The summed E-state index contributed by atoms with van der Waals surface area (Å²) >= 11 is 0. The summed E-state index contributed by atoms with van der Waals surface area (Å²) in [4.78, 5) is 0. The van der Waals surface area contributed by atoms with Crippen molar-refractivity contribution in [3.05, 3.63) is 0 Å². The molecule has 0 bridgehead atoms. The molecule has 0 aliphatic heterocycles. The quantitative estimate of drug-likeness (QED) is 0.683. The van der Waals surface area contributed by atoms with Crippen LogP contribution in [-0.2, 0) is 41.7 Å². The minimum atomic E-state index is 0. The van der Waals surface area contributed by atoms with E-state index in [0.29, 0.717) is 0 Å². The third-order valence-corrected chi connectivity index (χ3v) is 3.45. The molecule has 0 N–H and O–H groups in total. The minimum absolute atomic E-state index is 0. The van der Waals surface area contributed by atoms with Gasteiger partial charge in [-0.25, -0.2) is 0 Å². The van der Waals surface area contributed by atoms with Crippen molar-refractivity contribution in [2.75, 3.05) is 11.5 Å². The standard InChI is InChI=1S/C4H12S2.Pt/c1-3-5-6-4-2;/h5-6H,3-4H2,1-2H3;. The molecule has 0 saturated carbocycles. The second kappa shape index (κ2) is 10.4. The Balaban J connectivity index is 0. The summed E-state index contributed by atoms with van der Waals surface area (Å²) in [6.07, 6.45) is 0. The van der Waals surface area contributed by atoms with Crippen molar-refractivity contribution in [1.29, 1.82) is 0 Å². The largest absolute Gasteiger partial charge is 0.180 e. The van der Waals surface area contributed by atoms with Gasteiger partial charge in [-0.05, 0) is 11.5 Å². The van der Waals surface area contributed by atoms with Gasteiger partial charge in [0.1, 0.15) is 0 Å². The fraction of sp³-hybridized carbons (Fsp3) is 1.00. The molecule has 0 rings (SSSR count). The summed E-state index contributed by atoms with van der Waals surface area (Å²) in [5, 5.41) is 0. The van der Waals surface area contributed by atoms with Gasteiger partial charge in [0.25, 0.3) is 0 Å². The molecule has 0 aromatic rings. The Hall–Kier alpha value is 1.39. The maximum atomic E-state index is 2.21. The van der Waals surface area contributed by atoms with E-state index in [1.807, 2.05) is 0 Å². The molecule has 0 aromatic heterocycles. The number of rotatable bonds is 2. The summed E-state index contributed by atoms with van der Waals surface area (Å²) < 4.78 is 0. The first-order valence-electron chi connectivity index (χ1n) is 2.25. The second-order valence-electron chi connectivity index (χ2n) is 0.915. The van der Waals surface area contributed by atoms with Gasteiger partial charge >= 0.3 is 0 Å². The van der Waals surface area contributed by atoms with E-state index in [9.17, 15) is 0 Å². The molecule has 3 heteroatoms. The van der Waals surface area contributed by atoms with E-state index in [1.54, 1.807) is 20.6 Å². The van der Waals surface area contributed by atoms with Crippen LogP contribution in [0.1, 0.15) is 13.8 Å². The second-order valence-corrected chi connectivity index (χ2v) is 4.44. The minimum Gasteiger partial charge on any atom is -0.180 e. The van der Waals surface area contributed by atoms with Gasteiger partial charge in [0, 0.05) is 21.1 Å². The Morgan fingerprint density at radius 1 is 1.00 bits per heavy atom. The van der Waals surface area contributed by atoms with Crippen LogP contribution in [0.15, 0.2) is 0 Å². The molecule has 0 aliphatic carbocycles. The Labute approximate surface area is 66.9 Å². The zero-order valence-corrected chi connectivity index (χ0v) is 8.69. The van der Waals surface area contributed by atoms with Crippen LogP contribution < -0.4 is 0 Å². The van der Waals surface area contributed by atoms with E-state index in [4.69, 9.17) is 0 Å². The molecule has 0 aliphatic rings. The van der Waals surface area contributed by atoms with Gasteiger partial charge in [0.2, 0.25) is 0 Å². The van der Waals surface area contributed by atoms with Gasteiger partial charge in [-0.3, -0.25) is 0 Å². The Morgan fingerprint density at radius 2 is 1.29 bits per heavy atom. The van der Waals surface area contributed by atoms with E-state index < -0.39 is 0 Å². The summed E-state index contributed by atoms with van der Waals surface area (Å²) in [7, 11) is 3.17. The van der Waals surface area contributed by atoms with Gasteiger partial charge in [-0.15, -0.1) is 0 Å². The molecule has 0 unspecified atom stereocenters. The Kier molecular flexibility index (Phi) is 16.6. The molecule has 0 amide bonds. The summed E-state index contributed by atoms with van der Waals surface area (Å²) in [5.41, 5.74) is 0. The van der Waals surface area contributed by atoms with Crippen molar-refractivity contribution in [3.63, 3.8) is 0 Å². The molecule has 50 valence electrons. The van der Waals surface area contributed by atoms with Crippen LogP contribution in [0.4, 0.5) is 0 Å². The van der Waals surface area contributed by atoms with Crippen molar-refractivity contribution >= 4 is 20.6 Å². The van der Waals surface area contributed by atoms with Crippen LogP contribution in [0, 0.1) is 0 Å². The average Bonchev–Trinajstić information content (AvgIpc) is 1.61. The van der Waals surface area contributed by atoms with Crippen LogP contribution in [0.25, 0.3) is 0 Å². The van der Waals surface area contributed by atoms with E-state index in [0.717, 1.165) is 0 Å². The Morgan fingerprint density at radius 3 is 1.43 bits per heavy atom. The SMILES string of the molecule is CC[SH]=[SH]CC.[Pt]. The van der Waals surface area contributed by atoms with Gasteiger partial charge < -0.3 is 0 Å². The third-order valence-electron chi connectivity index (χ3n) is 0.383. The molecule has 0 atom stereocenters.